The van der Waals surface area contributed by atoms with E-state index in [2.05, 4.69) is 5.32 Å². The number of Topliss-reactive ketones (excluding diaryl/α,β-unsaturated/α-hetero) is 2. The van der Waals surface area contributed by atoms with E-state index < -0.39 is 0 Å². The highest BCUT2D eigenvalue weighted by molar-refractivity contribution is 6.28. The van der Waals surface area contributed by atoms with Crippen molar-refractivity contribution in [3.8, 4) is 6.07 Å². The normalized spacial score (nSPS) is 19.2. The van der Waals surface area contributed by atoms with Crippen LogP contribution in [0.15, 0.2) is 35.5 Å². The van der Waals surface area contributed by atoms with E-state index in [1.54, 1.807) is 24.3 Å². The fourth-order valence-electron chi connectivity index (χ4n) is 3.07. The van der Waals surface area contributed by atoms with Gasteiger partial charge in [0.1, 0.15) is 17.3 Å². The second-order valence-corrected chi connectivity index (χ2v) is 5.54. The molecule has 106 valence electrons. The van der Waals surface area contributed by atoms with Crippen molar-refractivity contribution in [2.24, 2.45) is 0 Å². The van der Waals surface area contributed by atoms with E-state index in [4.69, 9.17) is 0 Å². The number of benzene rings is 1. The number of nitrogens with one attached hydrogen (secondary N) is 1. The van der Waals surface area contributed by atoms with Crippen LogP contribution in [0.5, 0.6) is 0 Å². The van der Waals surface area contributed by atoms with E-state index in [1.165, 1.54) is 6.42 Å². The topological polar surface area (TPSA) is 70.0 Å². The van der Waals surface area contributed by atoms with Crippen LogP contribution >= 0.6 is 0 Å². The largest absolute Gasteiger partial charge is 0.378 e. The van der Waals surface area contributed by atoms with E-state index in [0.717, 1.165) is 25.7 Å². The number of fused-ring (bicyclic) bond motifs is 1. The van der Waals surface area contributed by atoms with Gasteiger partial charge in [0, 0.05) is 17.2 Å². The lowest BCUT2D eigenvalue weighted by molar-refractivity contribution is 0.0969. The summed E-state index contributed by atoms with van der Waals surface area (Å²) in [6, 6.07) is 8.78. The molecular weight excluding hydrogens is 264 g/mol. The van der Waals surface area contributed by atoms with Crippen LogP contribution in [0, 0.1) is 11.3 Å². The monoisotopic (exact) mass is 280 g/mol. The standard InChI is InChI=1S/C17H16N2O2/c18-10-14-15(19-11-6-2-1-3-7-11)17(21)13-9-5-4-8-12(13)16(14)20/h4-5,8-9,11,19H,1-3,6-7H2. The Kier molecular flexibility index (Phi) is 3.57. The zero-order valence-electron chi connectivity index (χ0n) is 11.7. The molecule has 0 aromatic heterocycles. The molecule has 0 aliphatic heterocycles. The Morgan fingerprint density at radius 3 is 2.24 bits per heavy atom. The number of rotatable bonds is 2. The van der Waals surface area contributed by atoms with Crippen LogP contribution < -0.4 is 5.32 Å². The summed E-state index contributed by atoms with van der Waals surface area (Å²) in [7, 11) is 0. The van der Waals surface area contributed by atoms with E-state index in [1.807, 2.05) is 6.07 Å². The Hall–Kier alpha value is -2.41. The fraction of sp³-hybridized carbons (Fsp3) is 0.353. The third kappa shape index (κ3) is 2.36. The van der Waals surface area contributed by atoms with Crippen LogP contribution in [-0.2, 0) is 0 Å². The van der Waals surface area contributed by atoms with Gasteiger partial charge in [-0.15, -0.1) is 0 Å². The molecule has 0 amide bonds. The zero-order valence-corrected chi connectivity index (χ0v) is 11.7. The Morgan fingerprint density at radius 1 is 1.00 bits per heavy atom. The molecule has 3 rings (SSSR count). The molecule has 0 saturated heterocycles. The SMILES string of the molecule is N#CC1=C(NC2CCCCC2)C(=O)c2ccccc2C1=O. The van der Waals surface area contributed by atoms with Crippen molar-refractivity contribution in [2.75, 3.05) is 0 Å². The van der Waals surface area contributed by atoms with Crippen molar-refractivity contribution in [3.05, 3.63) is 46.7 Å². The summed E-state index contributed by atoms with van der Waals surface area (Å²) in [6.07, 6.45) is 5.39. The Labute approximate surface area is 123 Å². The molecule has 0 spiro atoms. The summed E-state index contributed by atoms with van der Waals surface area (Å²) >= 11 is 0. The van der Waals surface area contributed by atoms with Gasteiger partial charge in [-0.2, -0.15) is 5.26 Å². The van der Waals surface area contributed by atoms with Crippen molar-refractivity contribution in [1.29, 1.82) is 5.26 Å². The molecule has 4 heteroatoms. The van der Waals surface area contributed by atoms with Crippen molar-refractivity contribution >= 4 is 11.6 Å². The first-order valence-electron chi connectivity index (χ1n) is 7.31. The molecule has 0 atom stereocenters. The summed E-state index contributed by atoms with van der Waals surface area (Å²) in [4.78, 5) is 25.0. The minimum absolute atomic E-state index is 0.0516. The average Bonchev–Trinajstić information content (AvgIpc) is 2.54. The van der Waals surface area contributed by atoms with Crippen molar-refractivity contribution < 1.29 is 9.59 Å². The zero-order chi connectivity index (χ0) is 14.8. The van der Waals surface area contributed by atoms with Gasteiger partial charge < -0.3 is 5.32 Å². The summed E-state index contributed by atoms with van der Waals surface area (Å²) in [5.74, 6) is -0.599. The minimum atomic E-state index is -0.356. The summed E-state index contributed by atoms with van der Waals surface area (Å²) < 4.78 is 0. The summed E-state index contributed by atoms with van der Waals surface area (Å²) in [5, 5.41) is 12.5. The molecule has 21 heavy (non-hydrogen) atoms. The van der Waals surface area contributed by atoms with Crippen molar-refractivity contribution in [1.82, 2.24) is 5.32 Å². The molecule has 1 aromatic rings. The van der Waals surface area contributed by atoms with Crippen LogP contribution in [0.3, 0.4) is 0 Å². The lowest BCUT2D eigenvalue weighted by Gasteiger charge is -2.27. The van der Waals surface area contributed by atoms with E-state index in [9.17, 15) is 14.9 Å². The minimum Gasteiger partial charge on any atom is -0.378 e. The number of carbonyl (C=O) groups is 2. The van der Waals surface area contributed by atoms with Gasteiger partial charge in [-0.25, -0.2) is 0 Å². The van der Waals surface area contributed by atoms with Gasteiger partial charge in [0.25, 0.3) is 0 Å². The van der Waals surface area contributed by atoms with E-state index in [-0.39, 0.29) is 28.9 Å². The molecule has 0 heterocycles. The fourth-order valence-corrected chi connectivity index (χ4v) is 3.07. The van der Waals surface area contributed by atoms with Gasteiger partial charge in [0.05, 0.1) is 0 Å². The molecule has 2 aliphatic rings. The molecule has 1 saturated carbocycles. The second-order valence-electron chi connectivity index (χ2n) is 5.54. The first-order chi connectivity index (χ1) is 10.2. The van der Waals surface area contributed by atoms with Gasteiger partial charge in [-0.3, -0.25) is 9.59 Å². The smallest absolute Gasteiger partial charge is 0.211 e. The van der Waals surface area contributed by atoms with Gasteiger partial charge in [-0.05, 0) is 12.8 Å². The summed E-state index contributed by atoms with van der Waals surface area (Å²) in [5.41, 5.74) is 0.852. The average molecular weight is 280 g/mol. The van der Waals surface area contributed by atoms with Gasteiger partial charge in [-0.1, -0.05) is 43.5 Å². The Morgan fingerprint density at radius 2 is 1.62 bits per heavy atom. The Bertz CT molecular complexity index is 676. The van der Waals surface area contributed by atoms with Gasteiger partial charge in [0.2, 0.25) is 11.6 Å². The lowest BCUT2D eigenvalue weighted by Crippen LogP contribution is -2.37. The molecule has 2 aliphatic carbocycles. The van der Waals surface area contributed by atoms with Crippen LogP contribution in [0.1, 0.15) is 52.8 Å². The number of hydrogen-bond acceptors (Lipinski definition) is 4. The molecule has 1 fully saturated rings. The molecule has 0 radical (unpaired) electrons. The molecule has 1 aromatic carbocycles. The maximum absolute atomic E-state index is 12.6. The number of ketones is 2. The van der Waals surface area contributed by atoms with Gasteiger partial charge in [0.15, 0.2) is 0 Å². The first kappa shape index (κ1) is 13.6. The number of carbonyl (C=O) groups excluding carboxylic acids is 2. The number of nitriles is 1. The summed E-state index contributed by atoms with van der Waals surface area (Å²) in [6.45, 7) is 0. The second kappa shape index (κ2) is 5.53. The highest BCUT2D eigenvalue weighted by atomic mass is 16.1. The predicted molar refractivity (Wildman–Crippen MR) is 77.8 cm³/mol. The number of hydrogen-bond donors (Lipinski definition) is 1. The molecule has 0 unspecified atom stereocenters. The first-order valence-corrected chi connectivity index (χ1v) is 7.31. The van der Waals surface area contributed by atoms with Crippen molar-refractivity contribution in [3.63, 3.8) is 0 Å². The third-order valence-corrected chi connectivity index (χ3v) is 4.19. The maximum atomic E-state index is 12.6. The Balaban J connectivity index is 1.99. The molecule has 1 N–H and O–H groups in total. The molecule has 4 nitrogen and oxygen atoms in total. The van der Waals surface area contributed by atoms with Crippen LogP contribution in [0.2, 0.25) is 0 Å². The van der Waals surface area contributed by atoms with Crippen LogP contribution in [0.25, 0.3) is 0 Å². The quantitative estimate of drug-likeness (QED) is 0.904. The number of nitrogens with zero attached hydrogens (tertiary/aromatic N) is 1. The number of allylic oxidation sites excluding steroid dienone is 2. The predicted octanol–water partition coefficient (Wildman–Crippen LogP) is 2.77. The third-order valence-electron chi connectivity index (χ3n) is 4.19. The highest BCUT2D eigenvalue weighted by Crippen LogP contribution is 2.27. The van der Waals surface area contributed by atoms with Crippen LogP contribution in [0.4, 0.5) is 0 Å². The molecule has 0 bridgehead atoms. The lowest BCUT2D eigenvalue weighted by atomic mass is 9.86. The highest BCUT2D eigenvalue weighted by Gasteiger charge is 2.33. The van der Waals surface area contributed by atoms with Crippen LogP contribution in [-0.4, -0.2) is 17.6 Å². The van der Waals surface area contributed by atoms with Gasteiger partial charge >= 0.3 is 0 Å². The molecular formula is C17H16N2O2. The van der Waals surface area contributed by atoms with E-state index in [0.29, 0.717) is 11.1 Å². The van der Waals surface area contributed by atoms with E-state index >= 15 is 0 Å². The van der Waals surface area contributed by atoms with Crippen molar-refractivity contribution in [2.45, 2.75) is 38.1 Å². The maximum Gasteiger partial charge on any atom is 0.211 e.